The number of hydrogen-bond donors (Lipinski definition) is 0. The first-order valence-electron chi connectivity index (χ1n) is 6.80. The molecule has 0 fully saturated rings. The van der Waals surface area contributed by atoms with Crippen molar-refractivity contribution in [2.75, 3.05) is 12.8 Å². The van der Waals surface area contributed by atoms with Crippen molar-refractivity contribution in [3.05, 3.63) is 60.9 Å². The predicted molar refractivity (Wildman–Crippen MR) is 79.4 cm³/mol. The molecule has 0 amide bonds. The minimum atomic E-state index is -4.94. The monoisotopic (exact) mass is 557 g/mol. The molecular formula is C15H20AuClNO5P. The van der Waals surface area contributed by atoms with Crippen LogP contribution in [0.5, 0.6) is 0 Å². The van der Waals surface area contributed by atoms with Crippen molar-refractivity contribution in [1.29, 1.82) is 0 Å². The zero-order valence-electron chi connectivity index (χ0n) is 13.3. The second-order valence-electron chi connectivity index (χ2n) is 3.85. The Labute approximate surface area is 161 Å². The van der Waals surface area contributed by atoms with E-state index in [1.807, 2.05) is 31.2 Å². The Kier molecular flexibility index (Phi) is 17.4. The van der Waals surface area contributed by atoms with Crippen LogP contribution >= 0.6 is 8.15 Å². The van der Waals surface area contributed by atoms with Crippen molar-refractivity contribution in [1.82, 2.24) is 4.98 Å². The Morgan fingerprint density at radius 3 is 1.67 bits per heavy atom. The first-order chi connectivity index (χ1) is 10.9. The summed E-state index contributed by atoms with van der Waals surface area (Å²) in [6.07, 6.45) is 4.60. The summed E-state index contributed by atoms with van der Waals surface area (Å²) in [4.78, 5) is 3.78. The van der Waals surface area contributed by atoms with Crippen molar-refractivity contribution in [3.63, 3.8) is 0 Å². The Balaban J connectivity index is 0. The molecule has 1 aromatic heterocycles. The third-order valence-corrected chi connectivity index (χ3v) is 4.20. The van der Waals surface area contributed by atoms with Crippen molar-refractivity contribution in [3.8, 4) is 0 Å². The standard InChI is InChI=1S/C10H15OP.C5H5N.Au.ClHO4/c1-3-11-12(4-2)10-8-6-5-7-9-10;1-2-4-6-5-3-1;;2-1(3,4)5/h5-9H,3-4H2,1-2H3;1-5H;;(H,2,3,4,5)/q;;+1;/p-1. The molecule has 0 bridgehead atoms. The fourth-order valence-electron chi connectivity index (χ4n) is 1.41. The van der Waals surface area contributed by atoms with Gasteiger partial charge in [-0.15, -0.1) is 10.2 Å². The zero-order chi connectivity index (χ0) is 17.6. The largest absolute Gasteiger partial charge is 1.00 e. The average molecular weight is 558 g/mol. The number of hydrogen-bond acceptors (Lipinski definition) is 6. The first kappa shape index (κ1) is 25.9. The van der Waals surface area contributed by atoms with Crippen LogP contribution in [0.4, 0.5) is 0 Å². The molecule has 0 saturated carbocycles. The SMILES string of the molecule is CCOP(CC)c1ccccc1.[Au+].[O-][Cl+3]([O-])([O-])[O-].c1ccncc1. The van der Waals surface area contributed by atoms with Gasteiger partial charge in [-0.3, -0.25) is 4.98 Å². The van der Waals surface area contributed by atoms with Gasteiger partial charge in [-0.05, 0) is 25.2 Å². The molecular weight excluding hydrogens is 538 g/mol. The Bertz CT molecular complexity index is 458. The number of benzene rings is 1. The fraction of sp³-hybridized carbons (Fsp3) is 0.267. The van der Waals surface area contributed by atoms with E-state index in [1.54, 1.807) is 12.4 Å². The van der Waals surface area contributed by atoms with Crippen molar-refractivity contribution in [2.24, 2.45) is 0 Å². The van der Waals surface area contributed by atoms with Crippen LogP contribution in [0, 0.1) is 10.2 Å². The summed E-state index contributed by atoms with van der Waals surface area (Å²) in [5, 5.41) is 1.34. The van der Waals surface area contributed by atoms with Gasteiger partial charge in [-0.2, -0.15) is 0 Å². The second-order valence-corrected chi connectivity index (χ2v) is 6.77. The molecule has 6 nitrogen and oxygen atoms in total. The van der Waals surface area contributed by atoms with Crippen LogP contribution in [0.15, 0.2) is 60.9 Å². The molecule has 9 heteroatoms. The smallest absolute Gasteiger partial charge is 0.355 e. The van der Waals surface area contributed by atoms with Crippen LogP contribution in [-0.4, -0.2) is 17.8 Å². The quantitative estimate of drug-likeness (QED) is 0.355. The molecule has 0 aliphatic rings. The van der Waals surface area contributed by atoms with Gasteiger partial charge in [-0.25, -0.2) is 18.6 Å². The van der Waals surface area contributed by atoms with Gasteiger partial charge in [-0.1, -0.05) is 43.3 Å². The zero-order valence-corrected chi connectivity index (χ0v) is 17.1. The maximum Gasteiger partial charge on any atom is 1.00 e. The molecule has 1 heterocycles. The van der Waals surface area contributed by atoms with E-state index in [-0.39, 0.29) is 30.5 Å². The summed E-state index contributed by atoms with van der Waals surface area (Å²) in [6.45, 7) is 5.04. The topological polar surface area (TPSA) is 114 Å². The number of pyridine rings is 1. The third-order valence-electron chi connectivity index (χ3n) is 2.18. The summed E-state index contributed by atoms with van der Waals surface area (Å²) in [6, 6.07) is 16.2. The van der Waals surface area contributed by atoms with E-state index in [9.17, 15) is 0 Å². The molecule has 0 spiro atoms. The molecule has 1 atom stereocenters. The molecule has 0 aliphatic heterocycles. The van der Waals surface area contributed by atoms with Crippen molar-refractivity contribution < 1.29 is 55.8 Å². The van der Waals surface area contributed by atoms with Crippen LogP contribution in [-0.2, 0) is 26.9 Å². The van der Waals surface area contributed by atoms with E-state index in [0.29, 0.717) is 0 Å². The van der Waals surface area contributed by atoms with Gasteiger partial charge in [0.1, 0.15) is 0 Å². The normalized spacial score (nSPS) is 10.9. The molecule has 0 aliphatic carbocycles. The summed E-state index contributed by atoms with van der Waals surface area (Å²) < 4.78 is 39.6. The van der Waals surface area contributed by atoms with Crippen LogP contribution < -0.4 is 23.9 Å². The van der Waals surface area contributed by atoms with E-state index in [0.717, 1.165) is 12.8 Å². The van der Waals surface area contributed by atoms with Crippen LogP contribution in [0.1, 0.15) is 13.8 Å². The molecule has 1 aromatic carbocycles. The minimum absolute atomic E-state index is 0. The predicted octanol–water partition coefficient (Wildman–Crippen LogP) is -0.912. The third kappa shape index (κ3) is 18.0. The van der Waals surface area contributed by atoms with Gasteiger partial charge in [0.2, 0.25) is 0 Å². The number of halogens is 1. The van der Waals surface area contributed by atoms with Gasteiger partial charge in [0, 0.05) is 24.3 Å². The summed E-state index contributed by atoms with van der Waals surface area (Å²) in [5.74, 6) is 0. The van der Waals surface area contributed by atoms with E-state index in [1.165, 1.54) is 5.30 Å². The maximum atomic E-state index is 8.49. The summed E-state index contributed by atoms with van der Waals surface area (Å²) in [5.41, 5.74) is 0. The van der Waals surface area contributed by atoms with Crippen LogP contribution in [0.2, 0.25) is 0 Å². The minimum Gasteiger partial charge on any atom is -0.355 e. The second kappa shape index (κ2) is 16.1. The van der Waals surface area contributed by atoms with E-state index < -0.39 is 10.2 Å². The van der Waals surface area contributed by atoms with Gasteiger partial charge in [0.05, 0.1) is 8.15 Å². The first-order valence-corrected chi connectivity index (χ1v) is 9.48. The summed E-state index contributed by atoms with van der Waals surface area (Å²) >= 11 is 0. The van der Waals surface area contributed by atoms with Crippen LogP contribution in [0.3, 0.4) is 0 Å². The molecule has 0 N–H and O–H groups in total. The average Bonchev–Trinajstić information content (AvgIpc) is 2.54. The molecule has 0 radical (unpaired) electrons. The Hall–Kier alpha value is -0.370. The van der Waals surface area contributed by atoms with Gasteiger partial charge in [0.15, 0.2) is 0 Å². The molecule has 2 aromatic rings. The van der Waals surface area contributed by atoms with Crippen LogP contribution in [0.25, 0.3) is 0 Å². The van der Waals surface area contributed by atoms with E-state index in [2.05, 4.69) is 36.2 Å². The van der Waals surface area contributed by atoms with Crippen molar-refractivity contribution in [2.45, 2.75) is 13.8 Å². The molecule has 138 valence electrons. The van der Waals surface area contributed by atoms with Crippen molar-refractivity contribution >= 4 is 13.5 Å². The fourth-order valence-corrected chi connectivity index (χ4v) is 2.92. The van der Waals surface area contributed by atoms with E-state index >= 15 is 0 Å². The van der Waals surface area contributed by atoms with Gasteiger partial charge < -0.3 is 4.52 Å². The van der Waals surface area contributed by atoms with E-state index in [4.69, 9.17) is 23.2 Å². The van der Waals surface area contributed by atoms with Gasteiger partial charge >= 0.3 is 22.4 Å². The number of nitrogens with zero attached hydrogens (tertiary/aromatic N) is 1. The molecule has 24 heavy (non-hydrogen) atoms. The number of aromatic nitrogens is 1. The maximum absolute atomic E-state index is 8.49. The molecule has 1 unspecified atom stereocenters. The summed E-state index contributed by atoms with van der Waals surface area (Å²) in [7, 11) is -5.30. The molecule has 2 rings (SSSR count). The number of rotatable bonds is 4. The van der Waals surface area contributed by atoms with Gasteiger partial charge in [0.25, 0.3) is 0 Å². The Morgan fingerprint density at radius 2 is 1.38 bits per heavy atom. The Morgan fingerprint density at radius 1 is 0.917 bits per heavy atom. The molecule has 0 saturated heterocycles.